The first-order valence-corrected chi connectivity index (χ1v) is 7.26. The first kappa shape index (κ1) is 11.5. The van der Waals surface area contributed by atoms with Gasteiger partial charge in [-0.2, -0.15) is 0 Å². The molecule has 6 unspecified atom stereocenters. The molecule has 1 N–H and O–H groups in total. The Labute approximate surface area is 90.9 Å². The molecular formula is C10H18O4P+. The lowest BCUT2D eigenvalue weighted by atomic mass is 9.93. The second kappa shape index (κ2) is 4.48. The second-order valence-corrected chi connectivity index (χ2v) is 6.28. The van der Waals surface area contributed by atoms with Crippen molar-refractivity contribution in [2.24, 2.45) is 5.92 Å². The van der Waals surface area contributed by atoms with Crippen molar-refractivity contribution < 1.29 is 19.3 Å². The molecule has 2 heterocycles. The van der Waals surface area contributed by atoms with Gasteiger partial charge in [0.25, 0.3) is 0 Å². The van der Waals surface area contributed by atoms with Crippen LogP contribution in [0.4, 0.5) is 0 Å². The molecule has 0 aromatic carbocycles. The van der Waals surface area contributed by atoms with E-state index in [1.54, 1.807) is 0 Å². The minimum Gasteiger partial charge on any atom is -0.368 e. The lowest BCUT2D eigenvalue weighted by Crippen LogP contribution is -2.52. The summed E-state index contributed by atoms with van der Waals surface area (Å²) in [4.78, 5) is 0. The van der Waals surface area contributed by atoms with Gasteiger partial charge in [-0.05, 0) is 5.92 Å². The molecule has 0 saturated carbocycles. The summed E-state index contributed by atoms with van der Waals surface area (Å²) in [7, 11) is -0.494. The summed E-state index contributed by atoms with van der Waals surface area (Å²) in [6.07, 6.45) is 3.83. The molecule has 2 saturated heterocycles. The summed E-state index contributed by atoms with van der Waals surface area (Å²) in [6, 6.07) is -0.178. The van der Waals surface area contributed by atoms with E-state index in [9.17, 15) is 5.11 Å². The number of aliphatic hydroxyl groups is 1. The maximum Gasteiger partial charge on any atom is 0.324 e. The first-order valence-electron chi connectivity index (χ1n) is 5.22. The molecule has 0 radical (unpaired) electrons. The van der Waals surface area contributed by atoms with E-state index in [1.165, 1.54) is 0 Å². The van der Waals surface area contributed by atoms with Gasteiger partial charge in [0, 0.05) is 6.42 Å². The summed E-state index contributed by atoms with van der Waals surface area (Å²) in [5.74, 6) is 0.306. The van der Waals surface area contributed by atoms with Gasteiger partial charge >= 0.3 is 6.03 Å². The predicted octanol–water partition coefficient (Wildman–Crippen LogP) is 0.972. The van der Waals surface area contributed by atoms with Gasteiger partial charge < -0.3 is 19.3 Å². The fraction of sp³-hybridized carbons (Fsp3) is 0.900. The van der Waals surface area contributed by atoms with Crippen molar-refractivity contribution in [1.29, 1.82) is 0 Å². The molecule has 6 atom stereocenters. The number of ether oxygens (including phenoxy) is 3. The maximum atomic E-state index is 9.45. The third-order valence-corrected chi connectivity index (χ3v) is 3.86. The molecule has 2 fully saturated rings. The van der Waals surface area contributed by atoms with Crippen LogP contribution in [-0.2, 0) is 14.2 Å². The zero-order chi connectivity index (χ0) is 11.0. The molecule has 0 aliphatic carbocycles. The summed E-state index contributed by atoms with van der Waals surface area (Å²) in [5.41, 5.74) is 0. The lowest BCUT2D eigenvalue weighted by molar-refractivity contribution is -0.298. The highest BCUT2D eigenvalue weighted by molar-refractivity contribution is 7.55. The number of hydrogen-bond acceptors (Lipinski definition) is 4. The zero-order valence-corrected chi connectivity index (χ0v) is 10.0. The van der Waals surface area contributed by atoms with Crippen molar-refractivity contribution in [2.45, 2.75) is 37.9 Å². The van der Waals surface area contributed by atoms with Crippen LogP contribution >= 0.6 is 7.55 Å². The Morgan fingerprint density at radius 3 is 2.80 bits per heavy atom. The van der Waals surface area contributed by atoms with Crippen LogP contribution < -0.4 is 0 Å². The third-order valence-electron chi connectivity index (χ3n) is 2.87. The molecular weight excluding hydrogens is 215 g/mol. The van der Waals surface area contributed by atoms with E-state index in [-0.39, 0.29) is 18.2 Å². The molecule has 2 aliphatic heterocycles. The molecule has 0 aromatic heterocycles. The molecule has 2 rings (SSSR count). The van der Waals surface area contributed by atoms with Gasteiger partial charge in [0.15, 0.2) is 6.29 Å². The standard InChI is InChI=1S/C10H18O4P/c1-6-4-8(11)13-7-5-12-10(15(2)3)14-9(6)7/h6-11H,2,4-5H2,1,3H3/q+1. The van der Waals surface area contributed by atoms with E-state index < -0.39 is 13.8 Å². The van der Waals surface area contributed by atoms with Crippen LogP contribution in [0.25, 0.3) is 0 Å². The third kappa shape index (κ3) is 2.40. The number of hydrogen-bond donors (Lipinski definition) is 1. The largest absolute Gasteiger partial charge is 0.368 e. The van der Waals surface area contributed by atoms with Gasteiger partial charge in [0.2, 0.25) is 0 Å². The van der Waals surface area contributed by atoms with Crippen molar-refractivity contribution in [2.75, 3.05) is 13.3 Å². The van der Waals surface area contributed by atoms with Crippen molar-refractivity contribution in [3.63, 3.8) is 0 Å². The Balaban J connectivity index is 2.03. The maximum absolute atomic E-state index is 9.45. The Hall–Kier alpha value is 0.01000. The molecule has 4 nitrogen and oxygen atoms in total. The summed E-state index contributed by atoms with van der Waals surface area (Å²) in [5, 5.41) is 9.45. The van der Waals surface area contributed by atoms with Crippen molar-refractivity contribution in [3.8, 4) is 0 Å². The number of rotatable bonds is 1. The molecule has 0 aromatic rings. The molecule has 0 spiro atoms. The topological polar surface area (TPSA) is 47.9 Å². The van der Waals surface area contributed by atoms with Gasteiger partial charge in [0.1, 0.15) is 20.3 Å². The van der Waals surface area contributed by atoms with Gasteiger partial charge in [0.05, 0.1) is 19.0 Å². The first-order chi connectivity index (χ1) is 7.08. The minimum absolute atomic E-state index is 0.0406. The number of aliphatic hydroxyl groups excluding tert-OH is 1. The normalized spacial score (nSPS) is 47.1. The monoisotopic (exact) mass is 233 g/mol. The average Bonchev–Trinajstić information content (AvgIpc) is 2.16. The summed E-state index contributed by atoms with van der Waals surface area (Å²) in [6.45, 7) is 4.61. The molecule has 86 valence electrons. The Morgan fingerprint density at radius 1 is 1.40 bits per heavy atom. The van der Waals surface area contributed by atoms with Gasteiger partial charge in [-0.25, -0.2) is 0 Å². The Bertz CT molecular complexity index is 258. The lowest BCUT2D eigenvalue weighted by Gasteiger charge is -2.41. The fourth-order valence-electron chi connectivity index (χ4n) is 2.09. The zero-order valence-electron chi connectivity index (χ0n) is 9.13. The highest BCUT2D eigenvalue weighted by Crippen LogP contribution is 2.36. The molecule has 15 heavy (non-hydrogen) atoms. The van der Waals surface area contributed by atoms with Crippen LogP contribution in [-0.4, -0.2) is 49.2 Å². The minimum atomic E-state index is -0.673. The van der Waals surface area contributed by atoms with Crippen molar-refractivity contribution in [3.05, 3.63) is 0 Å². The highest BCUT2D eigenvalue weighted by Gasteiger charge is 2.44. The van der Waals surface area contributed by atoms with E-state index in [0.717, 1.165) is 0 Å². The summed E-state index contributed by atoms with van der Waals surface area (Å²) >= 11 is 0. The van der Waals surface area contributed by atoms with Crippen LogP contribution in [0, 0.1) is 5.92 Å². The van der Waals surface area contributed by atoms with Gasteiger partial charge in [-0.15, -0.1) is 0 Å². The SMILES string of the molecule is C=[P+](C)C1OCC2OC(O)CC(C)C2O1. The van der Waals surface area contributed by atoms with Crippen LogP contribution in [0.5, 0.6) is 0 Å². The second-order valence-electron chi connectivity index (χ2n) is 4.34. The van der Waals surface area contributed by atoms with Crippen LogP contribution in [0.15, 0.2) is 0 Å². The van der Waals surface area contributed by atoms with Gasteiger partial charge in [-0.3, -0.25) is 0 Å². The van der Waals surface area contributed by atoms with E-state index >= 15 is 0 Å². The van der Waals surface area contributed by atoms with E-state index in [4.69, 9.17) is 14.2 Å². The van der Waals surface area contributed by atoms with Gasteiger partial charge in [-0.1, -0.05) is 6.92 Å². The van der Waals surface area contributed by atoms with E-state index in [0.29, 0.717) is 18.9 Å². The summed E-state index contributed by atoms with van der Waals surface area (Å²) < 4.78 is 16.7. The molecule has 5 heteroatoms. The Morgan fingerprint density at radius 2 is 2.13 bits per heavy atom. The fourth-order valence-corrected chi connectivity index (χ4v) is 2.78. The van der Waals surface area contributed by atoms with E-state index in [1.807, 2.05) is 6.66 Å². The van der Waals surface area contributed by atoms with Crippen LogP contribution in [0.2, 0.25) is 0 Å². The van der Waals surface area contributed by atoms with Crippen LogP contribution in [0.3, 0.4) is 0 Å². The number of fused-ring (bicyclic) bond motifs is 1. The molecule has 2 aliphatic rings. The van der Waals surface area contributed by atoms with Crippen LogP contribution in [0.1, 0.15) is 13.3 Å². The van der Waals surface area contributed by atoms with E-state index in [2.05, 4.69) is 13.2 Å². The highest BCUT2D eigenvalue weighted by atomic mass is 31.1. The molecule has 0 amide bonds. The average molecular weight is 233 g/mol. The van der Waals surface area contributed by atoms with Crippen molar-refractivity contribution >= 4 is 13.8 Å². The predicted molar refractivity (Wildman–Crippen MR) is 59.2 cm³/mol. The van der Waals surface area contributed by atoms with Crippen molar-refractivity contribution in [1.82, 2.24) is 0 Å². The molecule has 0 bridgehead atoms. The smallest absolute Gasteiger partial charge is 0.324 e. The quantitative estimate of drug-likeness (QED) is 0.686. The Kier molecular flexibility index (Phi) is 3.43.